The molecule has 1 fully saturated rings. The number of hydrogen-bond acceptors (Lipinski definition) is 6. The number of pyridine rings is 1. The molecule has 0 spiro atoms. The minimum absolute atomic E-state index is 0.0441. The van der Waals surface area contributed by atoms with Crippen molar-refractivity contribution in [2.24, 2.45) is 18.4 Å². The van der Waals surface area contributed by atoms with Crippen molar-refractivity contribution in [3.05, 3.63) is 29.2 Å². The molecule has 1 amide bonds. The molecule has 0 unspecified atom stereocenters. The molecule has 1 aliphatic carbocycles. The van der Waals surface area contributed by atoms with Crippen LogP contribution in [0.25, 0.3) is 11.3 Å². The quantitative estimate of drug-likeness (QED) is 0.425. The molecule has 0 atom stereocenters. The van der Waals surface area contributed by atoms with Gasteiger partial charge in [0, 0.05) is 49.8 Å². The molecular formula is C25H33F5N4O4S. The molecule has 1 N–H and O–H groups in total. The van der Waals surface area contributed by atoms with Crippen molar-refractivity contribution in [3.63, 3.8) is 0 Å². The summed E-state index contributed by atoms with van der Waals surface area (Å²) in [7, 11) is -1.60. The van der Waals surface area contributed by atoms with Crippen LogP contribution in [0.15, 0.2) is 12.3 Å². The average molecular weight is 581 g/mol. The topological polar surface area (TPSA) is 103 Å². The second-order valence-corrected chi connectivity index (χ2v) is 13.1. The van der Waals surface area contributed by atoms with Crippen molar-refractivity contribution in [3.8, 4) is 17.0 Å². The van der Waals surface area contributed by atoms with E-state index in [4.69, 9.17) is 0 Å². The number of sulfone groups is 1. The largest absolute Gasteiger partial charge is 0.434 e. The van der Waals surface area contributed by atoms with Gasteiger partial charge in [0.25, 0.3) is 5.91 Å². The van der Waals surface area contributed by atoms with E-state index in [0.717, 1.165) is 26.1 Å². The lowest BCUT2D eigenvalue weighted by atomic mass is 9.86. The number of hydrogen-bond donors (Lipinski definition) is 1. The van der Waals surface area contributed by atoms with Gasteiger partial charge in [-0.25, -0.2) is 8.42 Å². The van der Waals surface area contributed by atoms with Crippen molar-refractivity contribution in [1.29, 1.82) is 0 Å². The van der Waals surface area contributed by atoms with Crippen LogP contribution in [0, 0.1) is 18.3 Å². The fraction of sp³-hybridized carbons (Fsp3) is 0.640. The molecule has 14 heteroatoms. The monoisotopic (exact) mass is 580 g/mol. The molecular weight excluding hydrogens is 547 g/mol. The Morgan fingerprint density at radius 1 is 1.21 bits per heavy atom. The Labute approximate surface area is 224 Å². The van der Waals surface area contributed by atoms with Crippen LogP contribution in [-0.4, -0.2) is 59.9 Å². The molecule has 0 bridgehead atoms. The van der Waals surface area contributed by atoms with E-state index in [1.165, 1.54) is 18.0 Å². The average Bonchev–Trinajstić information content (AvgIpc) is 3.10. The lowest BCUT2D eigenvalue weighted by Gasteiger charge is -2.27. The molecule has 39 heavy (non-hydrogen) atoms. The number of aromatic nitrogens is 3. The van der Waals surface area contributed by atoms with Gasteiger partial charge in [-0.3, -0.25) is 14.5 Å². The molecule has 218 valence electrons. The second kappa shape index (κ2) is 11.4. The Balaban J connectivity index is 1.82. The Morgan fingerprint density at radius 2 is 1.82 bits per heavy atom. The van der Waals surface area contributed by atoms with E-state index in [9.17, 15) is 35.2 Å². The van der Waals surface area contributed by atoms with Crippen LogP contribution < -0.4 is 10.1 Å². The standard InChI is InChI=1S/C25H33F5N4O4S/c1-14-20(22(35)32-12-15-6-8-17(9-7-15)39(5,36)37)33-34(4)21(14)18-13-31-16(10-19(18)38-23(26)27)11-24(2,3)25(28,29)30/h10,13,15,17,23H,6-9,11-12H2,1-5H3,(H,32,35)/t15-,17-. The first-order valence-electron chi connectivity index (χ1n) is 12.4. The molecule has 0 radical (unpaired) electrons. The SMILES string of the molecule is Cc1c(C(=O)NC[C@H]2CC[C@H](S(C)(=O)=O)CC2)nn(C)c1-c1cnc(CC(C)(C)C(F)(F)F)cc1OC(F)F. The number of carbonyl (C=O) groups excluding carboxylic acids is 1. The van der Waals surface area contributed by atoms with E-state index >= 15 is 0 Å². The van der Waals surface area contributed by atoms with E-state index in [-0.39, 0.29) is 39.6 Å². The third-order valence-corrected chi connectivity index (χ3v) is 8.92. The van der Waals surface area contributed by atoms with Gasteiger partial charge < -0.3 is 10.1 Å². The molecule has 2 aromatic heterocycles. The van der Waals surface area contributed by atoms with E-state index in [2.05, 4.69) is 20.1 Å². The molecule has 2 heterocycles. The maximum atomic E-state index is 13.4. The van der Waals surface area contributed by atoms with Crippen molar-refractivity contribution in [1.82, 2.24) is 20.1 Å². The Morgan fingerprint density at radius 3 is 2.36 bits per heavy atom. The number of halogens is 5. The van der Waals surface area contributed by atoms with Crippen LogP contribution in [0.2, 0.25) is 0 Å². The summed E-state index contributed by atoms with van der Waals surface area (Å²) in [4.78, 5) is 17.0. The molecule has 0 aromatic carbocycles. The molecule has 8 nitrogen and oxygen atoms in total. The summed E-state index contributed by atoms with van der Waals surface area (Å²) in [5.41, 5.74) is -1.54. The second-order valence-electron chi connectivity index (χ2n) is 10.7. The minimum Gasteiger partial charge on any atom is -0.434 e. The Kier molecular flexibility index (Phi) is 8.98. The van der Waals surface area contributed by atoms with Gasteiger partial charge in [-0.2, -0.15) is 27.1 Å². The first-order chi connectivity index (χ1) is 17.9. The van der Waals surface area contributed by atoms with Crippen LogP contribution in [0.3, 0.4) is 0 Å². The Bertz CT molecular complexity index is 1300. The van der Waals surface area contributed by atoms with Gasteiger partial charge in [-0.05, 0) is 38.5 Å². The van der Waals surface area contributed by atoms with Crippen LogP contribution >= 0.6 is 0 Å². The summed E-state index contributed by atoms with van der Waals surface area (Å²) in [6, 6.07) is 1.05. The van der Waals surface area contributed by atoms with E-state index < -0.39 is 40.4 Å². The van der Waals surface area contributed by atoms with Crippen molar-refractivity contribution >= 4 is 15.7 Å². The predicted octanol–water partition coefficient (Wildman–Crippen LogP) is 4.86. The number of rotatable bonds is 9. The van der Waals surface area contributed by atoms with Gasteiger partial charge in [0.05, 0.1) is 21.9 Å². The first kappa shape index (κ1) is 30.8. The number of amides is 1. The summed E-state index contributed by atoms with van der Waals surface area (Å²) in [6.07, 6.45) is -0.351. The number of nitrogens with one attached hydrogen (secondary N) is 1. The maximum absolute atomic E-state index is 13.4. The lowest BCUT2D eigenvalue weighted by molar-refractivity contribution is -0.211. The number of ether oxygens (including phenoxy) is 1. The molecule has 0 aliphatic heterocycles. The molecule has 1 saturated carbocycles. The normalized spacial score (nSPS) is 18.8. The van der Waals surface area contributed by atoms with E-state index in [0.29, 0.717) is 37.8 Å². The molecule has 1 aliphatic rings. The van der Waals surface area contributed by atoms with Gasteiger partial charge in [-0.15, -0.1) is 0 Å². The van der Waals surface area contributed by atoms with Gasteiger partial charge in [0.2, 0.25) is 0 Å². The summed E-state index contributed by atoms with van der Waals surface area (Å²) >= 11 is 0. The first-order valence-corrected chi connectivity index (χ1v) is 14.4. The Hall–Kier alpha value is -2.77. The highest BCUT2D eigenvalue weighted by Gasteiger charge is 2.47. The van der Waals surface area contributed by atoms with Crippen molar-refractivity contribution in [2.75, 3.05) is 12.8 Å². The highest BCUT2D eigenvalue weighted by atomic mass is 32.2. The van der Waals surface area contributed by atoms with Crippen molar-refractivity contribution in [2.45, 2.75) is 70.9 Å². The number of nitrogens with zero attached hydrogens (tertiary/aromatic N) is 3. The molecule has 3 rings (SSSR count). The van der Waals surface area contributed by atoms with Crippen molar-refractivity contribution < 1.29 is 39.9 Å². The maximum Gasteiger partial charge on any atom is 0.394 e. The molecule has 2 aromatic rings. The van der Waals surface area contributed by atoms with Crippen LogP contribution in [0.5, 0.6) is 5.75 Å². The summed E-state index contributed by atoms with van der Waals surface area (Å²) < 4.78 is 96.0. The fourth-order valence-corrected chi connectivity index (χ4v) is 5.93. The van der Waals surface area contributed by atoms with Gasteiger partial charge in [-0.1, -0.05) is 13.8 Å². The number of aryl methyl sites for hydroxylation is 1. The predicted molar refractivity (Wildman–Crippen MR) is 134 cm³/mol. The zero-order chi connectivity index (χ0) is 29.3. The zero-order valence-electron chi connectivity index (χ0n) is 22.4. The third-order valence-electron chi connectivity index (χ3n) is 7.23. The highest BCUT2D eigenvalue weighted by molar-refractivity contribution is 7.91. The fourth-order valence-electron chi connectivity index (χ4n) is 4.81. The van der Waals surface area contributed by atoms with Crippen LogP contribution in [0.4, 0.5) is 22.0 Å². The summed E-state index contributed by atoms with van der Waals surface area (Å²) in [5, 5.41) is 6.68. The van der Waals surface area contributed by atoms with Gasteiger partial charge >= 0.3 is 12.8 Å². The summed E-state index contributed by atoms with van der Waals surface area (Å²) in [6.45, 7) is 0.629. The lowest BCUT2D eigenvalue weighted by Crippen LogP contribution is -2.34. The summed E-state index contributed by atoms with van der Waals surface area (Å²) in [5.74, 6) is -0.764. The number of carbonyl (C=O) groups is 1. The van der Waals surface area contributed by atoms with Gasteiger partial charge in [0.15, 0.2) is 5.69 Å². The van der Waals surface area contributed by atoms with Gasteiger partial charge in [0.1, 0.15) is 15.6 Å². The van der Waals surface area contributed by atoms with E-state index in [1.54, 1.807) is 6.92 Å². The minimum atomic E-state index is -4.54. The third kappa shape index (κ3) is 7.25. The highest BCUT2D eigenvalue weighted by Crippen LogP contribution is 2.41. The smallest absolute Gasteiger partial charge is 0.394 e. The molecule has 0 saturated heterocycles. The van der Waals surface area contributed by atoms with Crippen LogP contribution in [0.1, 0.15) is 61.3 Å². The van der Waals surface area contributed by atoms with Crippen LogP contribution in [-0.2, 0) is 23.3 Å². The zero-order valence-corrected chi connectivity index (χ0v) is 23.2. The number of alkyl halides is 5. The van der Waals surface area contributed by atoms with E-state index in [1.807, 2.05) is 0 Å².